The number of hydrogen-bond acceptors (Lipinski definition) is 10. The Morgan fingerprint density at radius 2 is 1.94 bits per heavy atom. The van der Waals surface area contributed by atoms with Crippen molar-refractivity contribution in [2.75, 3.05) is 10.5 Å². The number of nitrogens with one attached hydrogen (secondary N) is 2. The topological polar surface area (TPSA) is 156 Å². The molecule has 0 amide bonds. The first-order valence-corrected chi connectivity index (χ1v) is 12.4. The monoisotopic (exact) mass is 509 g/mol. The summed E-state index contributed by atoms with van der Waals surface area (Å²) < 4.78 is 29.2. The summed E-state index contributed by atoms with van der Waals surface area (Å²) in [6.07, 6.45) is 3.06. The fourth-order valence-corrected chi connectivity index (χ4v) is 5.18. The van der Waals surface area contributed by atoms with Crippen LogP contribution >= 0.6 is 23.6 Å². The van der Waals surface area contributed by atoms with E-state index in [1.54, 1.807) is 23.7 Å². The van der Waals surface area contributed by atoms with Gasteiger partial charge in [-0.25, -0.2) is 18.4 Å². The molecule has 0 aliphatic heterocycles. The molecule has 4 N–H and O–H groups in total. The van der Waals surface area contributed by atoms with Crippen molar-refractivity contribution in [3.05, 3.63) is 70.9 Å². The van der Waals surface area contributed by atoms with Gasteiger partial charge in [0.25, 0.3) is 10.0 Å². The first-order valence-electron chi connectivity index (χ1n) is 9.68. The Hall–Kier alpha value is -4.01. The zero-order chi connectivity index (χ0) is 23.7. The lowest BCUT2D eigenvalue weighted by atomic mass is 10.2. The van der Waals surface area contributed by atoms with E-state index < -0.39 is 10.0 Å². The summed E-state index contributed by atoms with van der Waals surface area (Å²) in [7, 11) is -3.76. The van der Waals surface area contributed by atoms with Crippen molar-refractivity contribution in [3.63, 3.8) is 0 Å². The molecule has 14 heteroatoms. The van der Waals surface area contributed by atoms with E-state index in [0.717, 1.165) is 0 Å². The van der Waals surface area contributed by atoms with Gasteiger partial charge in [-0.1, -0.05) is 29.6 Å². The number of aromatic nitrogens is 5. The van der Waals surface area contributed by atoms with Crippen LogP contribution in [0.3, 0.4) is 0 Å². The number of sulfonamides is 1. The van der Waals surface area contributed by atoms with Gasteiger partial charge in [0.05, 0.1) is 33.4 Å². The Morgan fingerprint density at radius 3 is 2.65 bits per heavy atom. The van der Waals surface area contributed by atoms with E-state index in [9.17, 15) is 8.42 Å². The van der Waals surface area contributed by atoms with E-state index in [0.29, 0.717) is 38.4 Å². The first-order chi connectivity index (χ1) is 16.4. The van der Waals surface area contributed by atoms with Crippen LogP contribution in [0.2, 0.25) is 0 Å². The summed E-state index contributed by atoms with van der Waals surface area (Å²) in [5.74, 6) is 0.334. The zero-order valence-corrected chi connectivity index (χ0v) is 19.6. The van der Waals surface area contributed by atoms with Crippen LogP contribution in [0.4, 0.5) is 16.6 Å². The van der Waals surface area contributed by atoms with E-state index >= 15 is 0 Å². The van der Waals surface area contributed by atoms with Crippen LogP contribution in [0, 0.1) is 4.64 Å². The molecular weight excluding hydrogens is 494 g/mol. The SMILES string of the molecule is Nc1[nH]ncc1-c1nc2ccccc2n(N=Nc2ccc(S(=O)(=O)Nc3nccs3)cc2)c1=S. The maximum atomic E-state index is 12.5. The molecule has 34 heavy (non-hydrogen) atoms. The van der Waals surface area contributed by atoms with Crippen molar-refractivity contribution in [3.8, 4) is 11.3 Å². The first kappa shape index (κ1) is 21.8. The zero-order valence-electron chi connectivity index (χ0n) is 17.2. The number of rotatable bonds is 6. The van der Waals surface area contributed by atoms with Gasteiger partial charge in [-0.3, -0.25) is 9.82 Å². The number of hydrogen-bond donors (Lipinski definition) is 3. The number of nitrogen functional groups attached to an aromatic ring is 1. The van der Waals surface area contributed by atoms with Crippen LogP contribution in [-0.4, -0.2) is 33.3 Å². The molecule has 0 saturated carbocycles. The number of H-pyrrole nitrogens is 1. The van der Waals surface area contributed by atoms with Crippen molar-refractivity contribution >= 4 is 61.2 Å². The minimum Gasteiger partial charge on any atom is -0.384 e. The molecule has 5 aromatic rings. The lowest BCUT2D eigenvalue weighted by Gasteiger charge is -2.08. The average Bonchev–Trinajstić information content (AvgIpc) is 3.49. The third kappa shape index (κ3) is 4.16. The van der Waals surface area contributed by atoms with Gasteiger partial charge in [0.2, 0.25) is 0 Å². The van der Waals surface area contributed by atoms with Gasteiger partial charge in [-0.2, -0.15) is 9.77 Å². The van der Waals surface area contributed by atoms with Gasteiger partial charge in [0.15, 0.2) is 9.77 Å². The molecule has 0 atom stereocenters. The molecule has 3 aromatic heterocycles. The van der Waals surface area contributed by atoms with E-state index in [1.807, 2.05) is 24.3 Å². The highest BCUT2D eigenvalue weighted by Crippen LogP contribution is 2.27. The van der Waals surface area contributed by atoms with Crippen LogP contribution in [0.5, 0.6) is 0 Å². The van der Waals surface area contributed by atoms with Crippen LogP contribution in [0.1, 0.15) is 0 Å². The molecule has 0 bridgehead atoms. The summed E-state index contributed by atoms with van der Waals surface area (Å²) in [6, 6.07) is 13.3. The second-order valence-electron chi connectivity index (χ2n) is 6.89. The van der Waals surface area contributed by atoms with Crippen molar-refractivity contribution in [2.24, 2.45) is 10.3 Å². The van der Waals surface area contributed by atoms with E-state index in [1.165, 1.54) is 34.3 Å². The Bertz CT molecular complexity index is 1670. The molecule has 0 unspecified atom stereocenters. The maximum Gasteiger partial charge on any atom is 0.263 e. The Balaban J connectivity index is 1.50. The summed E-state index contributed by atoms with van der Waals surface area (Å²) in [5, 5.41) is 17.1. The normalized spacial score (nSPS) is 11.9. The van der Waals surface area contributed by atoms with Crippen molar-refractivity contribution in [1.82, 2.24) is 24.8 Å². The largest absolute Gasteiger partial charge is 0.384 e. The molecular formula is C20H15N9O2S3. The third-order valence-electron chi connectivity index (χ3n) is 4.71. The van der Waals surface area contributed by atoms with E-state index in [4.69, 9.17) is 18.0 Å². The fraction of sp³-hybridized carbons (Fsp3) is 0. The number of nitrogens with two attached hydrogens (primary N) is 1. The van der Waals surface area contributed by atoms with Gasteiger partial charge in [-0.05, 0) is 36.4 Å². The average molecular weight is 510 g/mol. The third-order valence-corrected chi connectivity index (χ3v) is 7.25. The van der Waals surface area contributed by atoms with Crippen LogP contribution in [0.25, 0.3) is 22.3 Å². The predicted molar refractivity (Wildman–Crippen MR) is 132 cm³/mol. The van der Waals surface area contributed by atoms with Gasteiger partial charge in [0.1, 0.15) is 11.5 Å². The van der Waals surface area contributed by atoms with Crippen molar-refractivity contribution in [1.29, 1.82) is 0 Å². The number of thiazole rings is 1. The van der Waals surface area contributed by atoms with E-state index in [2.05, 4.69) is 35.2 Å². The van der Waals surface area contributed by atoms with Crippen LogP contribution in [0.15, 0.2) is 81.5 Å². The minimum absolute atomic E-state index is 0.0744. The summed E-state index contributed by atoms with van der Waals surface area (Å²) in [6.45, 7) is 0. The molecule has 0 spiro atoms. The Kier molecular flexibility index (Phi) is 5.61. The summed E-state index contributed by atoms with van der Waals surface area (Å²) in [4.78, 5) is 8.63. The number of anilines is 2. The van der Waals surface area contributed by atoms with Crippen molar-refractivity contribution in [2.45, 2.75) is 4.90 Å². The Morgan fingerprint density at radius 1 is 1.15 bits per heavy atom. The minimum atomic E-state index is -3.76. The molecule has 0 aliphatic rings. The summed E-state index contributed by atoms with van der Waals surface area (Å²) in [5.41, 5.74) is 8.68. The maximum absolute atomic E-state index is 12.5. The molecule has 0 fully saturated rings. The number of nitrogens with zero attached hydrogens (tertiary/aromatic N) is 6. The lowest BCUT2D eigenvalue weighted by Crippen LogP contribution is -2.12. The van der Waals surface area contributed by atoms with Gasteiger partial charge in [0, 0.05) is 11.6 Å². The highest BCUT2D eigenvalue weighted by atomic mass is 32.2. The second-order valence-corrected chi connectivity index (χ2v) is 9.85. The lowest BCUT2D eigenvalue weighted by molar-refractivity contribution is 0.601. The number of para-hydroxylation sites is 2. The van der Waals surface area contributed by atoms with Gasteiger partial charge >= 0.3 is 0 Å². The molecule has 2 aromatic carbocycles. The van der Waals surface area contributed by atoms with Gasteiger partial charge < -0.3 is 5.73 Å². The van der Waals surface area contributed by atoms with Gasteiger partial charge in [-0.15, -0.1) is 16.5 Å². The predicted octanol–water partition coefficient (Wildman–Crippen LogP) is 4.54. The molecule has 0 aliphatic carbocycles. The van der Waals surface area contributed by atoms with E-state index in [-0.39, 0.29) is 10.0 Å². The Labute approximate surface area is 202 Å². The highest BCUT2D eigenvalue weighted by molar-refractivity contribution is 7.93. The van der Waals surface area contributed by atoms with Crippen LogP contribution in [-0.2, 0) is 10.0 Å². The molecule has 170 valence electrons. The number of benzene rings is 2. The molecule has 5 rings (SSSR count). The molecule has 0 saturated heterocycles. The second kappa shape index (κ2) is 8.74. The number of fused-ring (bicyclic) bond motifs is 1. The quantitative estimate of drug-likeness (QED) is 0.224. The molecule has 11 nitrogen and oxygen atoms in total. The van der Waals surface area contributed by atoms with Crippen molar-refractivity contribution < 1.29 is 8.42 Å². The summed E-state index contributed by atoms with van der Waals surface area (Å²) >= 11 is 6.81. The fourth-order valence-electron chi connectivity index (χ4n) is 3.10. The number of aromatic amines is 1. The standard InChI is InChI=1S/C20H15N9O2S3/c21-18-14(11-23-26-18)17-19(32)29(16-4-2-1-3-15(16)24-17)28-25-12-5-7-13(8-6-12)34(30,31)27-20-22-9-10-33-20/h1-11H,(H,22,27)(H3,21,23,26). The molecule has 3 heterocycles. The molecule has 0 radical (unpaired) electrons. The smallest absolute Gasteiger partial charge is 0.263 e. The highest BCUT2D eigenvalue weighted by Gasteiger charge is 2.16. The van der Waals surface area contributed by atoms with Crippen LogP contribution < -0.4 is 10.5 Å².